The van der Waals surface area contributed by atoms with Crippen LogP contribution in [-0.4, -0.2) is 30.9 Å². The molecule has 0 radical (unpaired) electrons. The van der Waals surface area contributed by atoms with Crippen molar-refractivity contribution in [1.29, 1.82) is 0 Å². The number of rotatable bonds is 8. The largest absolute Gasteiger partial charge is 0.496 e. The minimum atomic E-state index is -0.550. The Bertz CT molecular complexity index is 1080. The number of methoxy groups -OCH3 is 1. The van der Waals surface area contributed by atoms with Crippen molar-refractivity contribution >= 4 is 11.8 Å². The van der Waals surface area contributed by atoms with Gasteiger partial charge in [-0.25, -0.2) is 0 Å². The van der Waals surface area contributed by atoms with Gasteiger partial charge < -0.3 is 20.1 Å². The standard InChI is InChI=1S/C25H26N2O4/c1-17(20-11-4-6-13-22(20)30-3)27(2)25(29)19-10-8-9-18(15-19)16-31-23-14-7-5-12-21(23)24(26)28/h4-15,17H,16H2,1-3H3,(H2,26,28). The molecule has 31 heavy (non-hydrogen) atoms. The van der Waals surface area contributed by atoms with Gasteiger partial charge >= 0.3 is 0 Å². The average molecular weight is 418 g/mol. The van der Waals surface area contributed by atoms with Gasteiger partial charge in [0.2, 0.25) is 0 Å². The smallest absolute Gasteiger partial charge is 0.254 e. The van der Waals surface area contributed by atoms with E-state index in [2.05, 4.69) is 0 Å². The maximum absolute atomic E-state index is 13.1. The molecule has 160 valence electrons. The van der Waals surface area contributed by atoms with Gasteiger partial charge in [-0.05, 0) is 42.8 Å². The van der Waals surface area contributed by atoms with Gasteiger partial charge in [0, 0.05) is 18.2 Å². The van der Waals surface area contributed by atoms with Gasteiger partial charge in [0.15, 0.2) is 0 Å². The van der Waals surface area contributed by atoms with E-state index in [9.17, 15) is 9.59 Å². The third-order valence-electron chi connectivity index (χ3n) is 5.21. The quantitative estimate of drug-likeness (QED) is 0.594. The Balaban J connectivity index is 1.75. The number of primary amides is 1. The summed E-state index contributed by atoms with van der Waals surface area (Å²) in [6.45, 7) is 2.17. The lowest BCUT2D eigenvalue weighted by atomic mass is 10.0. The van der Waals surface area contributed by atoms with Crippen molar-refractivity contribution in [1.82, 2.24) is 4.90 Å². The summed E-state index contributed by atoms with van der Waals surface area (Å²) in [5, 5.41) is 0. The second kappa shape index (κ2) is 9.80. The molecule has 2 N–H and O–H groups in total. The van der Waals surface area contributed by atoms with Gasteiger partial charge in [-0.15, -0.1) is 0 Å². The molecule has 6 heteroatoms. The summed E-state index contributed by atoms with van der Waals surface area (Å²) in [5.41, 5.74) is 8.01. The summed E-state index contributed by atoms with van der Waals surface area (Å²) in [4.78, 5) is 26.4. The summed E-state index contributed by atoms with van der Waals surface area (Å²) in [6, 6.07) is 21.5. The molecule has 0 heterocycles. The van der Waals surface area contributed by atoms with Crippen LogP contribution in [0, 0.1) is 0 Å². The summed E-state index contributed by atoms with van der Waals surface area (Å²) >= 11 is 0. The molecule has 0 aliphatic carbocycles. The van der Waals surface area contributed by atoms with Crippen LogP contribution in [0.2, 0.25) is 0 Å². The summed E-state index contributed by atoms with van der Waals surface area (Å²) < 4.78 is 11.2. The van der Waals surface area contributed by atoms with Crippen molar-refractivity contribution in [3.63, 3.8) is 0 Å². The molecule has 3 aromatic rings. The van der Waals surface area contributed by atoms with Crippen LogP contribution in [0.1, 0.15) is 44.8 Å². The third kappa shape index (κ3) is 5.04. The minimum absolute atomic E-state index is 0.113. The molecule has 0 aliphatic heterocycles. The highest BCUT2D eigenvalue weighted by atomic mass is 16.5. The van der Waals surface area contributed by atoms with Gasteiger partial charge in [0.25, 0.3) is 11.8 Å². The van der Waals surface area contributed by atoms with E-state index in [1.165, 1.54) is 0 Å². The molecule has 2 amide bonds. The SMILES string of the molecule is COc1ccccc1C(C)N(C)C(=O)c1cccc(COc2ccccc2C(N)=O)c1. The summed E-state index contributed by atoms with van der Waals surface area (Å²) in [5.74, 6) is 0.489. The number of hydrogen-bond acceptors (Lipinski definition) is 4. The maximum atomic E-state index is 13.1. The zero-order chi connectivity index (χ0) is 22.4. The Labute approximate surface area is 182 Å². The van der Waals surface area contributed by atoms with Crippen molar-refractivity contribution in [3.05, 3.63) is 95.1 Å². The molecule has 0 spiro atoms. The molecule has 0 bridgehead atoms. The van der Waals surface area contributed by atoms with Crippen LogP contribution >= 0.6 is 0 Å². The summed E-state index contributed by atoms with van der Waals surface area (Å²) in [7, 11) is 3.39. The monoisotopic (exact) mass is 418 g/mol. The Morgan fingerprint density at radius 3 is 2.35 bits per heavy atom. The predicted octanol–water partition coefficient (Wildman–Crippen LogP) is 4.21. The van der Waals surface area contributed by atoms with E-state index in [-0.39, 0.29) is 18.6 Å². The average Bonchev–Trinajstić information content (AvgIpc) is 2.81. The topological polar surface area (TPSA) is 81.9 Å². The van der Waals surface area contributed by atoms with E-state index >= 15 is 0 Å². The van der Waals surface area contributed by atoms with Crippen LogP contribution in [0.5, 0.6) is 11.5 Å². The highest BCUT2D eigenvalue weighted by Crippen LogP contribution is 2.29. The lowest BCUT2D eigenvalue weighted by Crippen LogP contribution is -2.30. The molecule has 0 fully saturated rings. The molecular weight excluding hydrogens is 392 g/mol. The first-order valence-corrected chi connectivity index (χ1v) is 9.93. The van der Waals surface area contributed by atoms with Crippen molar-refractivity contribution in [2.45, 2.75) is 19.6 Å². The zero-order valence-corrected chi connectivity index (χ0v) is 17.9. The lowest BCUT2D eigenvalue weighted by Gasteiger charge is -2.27. The van der Waals surface area contributed by atoms with Crippen molar-refractivity contribution in [2.24, 2.45) is 5.73 Å². The Kier molecular flexibility index (Phi) is 6.92. The molecule has 3 rings (SSSR count). The van der Waals surface area contributed by atoms with E-state index < -0.39 is 5.91 Å². The first-order chi connectivity index (χ1) is 14.9. The first-order valence-electron chi connectivity index (χ1n) is 9.93. The number of amides is 2. The fourth-order valence-corrected chi connectivity index (χ4v) is 3.35. The minimum Gasteiger partial charge on any atom is -0.496 e. The van der Waals surface area contributed by atoms with E-state index in [0.717, 1.165) is 16.9 Å². The van der Waals surface area contributed by atoms with Gasteiger partial charge in [-0.1, -0.05) is 42.5 Å². The highest BCUT2D eigenvalue weighted by molar-refractivity contribution is 5.95. The maximum Gasteiger partial charge on any atom is 0.254 e. The Morgan fingerprint density at radius 2 is 1.65 bits per heavy atom. The Hall–Kier alpha value is -3.80. The van der Waals surface area contributed by atoms with E-state index in [4.69, 9.17) is 15.2 Å². The number of carbonyl (C=O) groups excluding carboxylic acids is 2. The lowest BCUT2D eigenvalue weighted by molar-refractivity contribution is 0.0740. The number of carbonyl (C=O) groups is 2. The van der Waals surface area contributed by atoms with Gasteiger partial charge in [-0.2, -0.15) is 0 Å². The van der Waals surface area contributed by atoms with Crippen LogP contribution in [0.4, 0.5) is 0 Å². The molecule has 3 aromatic carbocycles. The number of nitrogens with two attached hydrogens (primary N) is 1. The molecule has 1 unspecified atom stereocenters. The van der Waals surface area contributed by atoms with E-state index in [1.54, 1.807) is 55.5 Å². The Morgan fingerprint density at radius 1 is 0.968 bits per heavy atom. The third-order valence-corrected chi connectivity index (χ3v) is 5.21. The fourth-order valence-electron chi connectivity index (χ4n) is 3.35. The first kappa shape index (κ1) is 21.9. The van der Waals surface area contributed by atoms with Crippen molar-refractivity contribution < 1.29 is 19.1 Å². The van der Waals surface area contributed by atoms with Gasteiger partial charge in [0.1, 0.15) is 18.1 Å². The van der Waals surface area contributed by atoms with Crippen LogP contribution in [0.3, 0.4) is 0 Å². The van der Waals surface area contributed by atoms with Crippen LogP contribution < -0.4 is 15.2 Å². The summed E-state index contributed by atoms with van der Waals surface area (Å²) in [6.07, 6.45) is 0. The second-order valence-electron chi connectivity index (χ2n) is 7.18. The molecule has 0 saturated carbocycles. The number of benzene rings is 3. The zero-order valence-electron chi connectivity index (χ0n) is 17.9. The van der Waals surface area contributed by atoms with Gasteiger partial charge in [0.05, 0.1) is 18.7 Å². The number of para-hydroxylation sites is 2. The van der Waals surface area contributed by atoms with Gasteiger partial charge in [-0.3, -0.25) is 9.59 Å². The van der Waals surface area contributed by atoms with E-state index in [0.29, 0.717) is 16.9 Å². The van der Waals surface area contributed by atoms with Crippen LogP contribution in [0.15, 0.2) is 72.8 Å². The van der Waals surface area contributed by atoms with Crippen molar-refractivity contribution in [2.75, 3.05) is 14.2 Å². The molecule has 6 nitrogen and oxygen atoms in total. The number of hydrogen-bond donors (Lipinski definition) is 1. The molecular formula is C25H26N2O4. The van der Waals surface area contributed by atoms with E-state index in [1.807, 2.05) is 43.3 Å². The van der Waals surface area contributed by atoms with Crippen LogP contribution in [-0.2, 0) is 6.61 Å². The molecule has 0 saturated heterocycles. The number of ether oxygens (including phenoxy) is 2. The van der Waals surface area contributed by atoms with Crippen LogP contribution in [0.25, 0.3) is 0 Å². The number of nitrogens with zero attached hydrogens (tertiary/aromatic N) is 1. The highest BCUT2D eigenvalue weighted by Gasteiger charge is 2.21. The molecule has 0 aliphatic rings. The second-order valence-corrected chi connectivity index (χ2v) is 7.18. The van der Waals surface area contributed by atoms with Crippen molar-refractivity contribution in [3.8, 4) is 11.5 Å². The normalized spacial score (nSPS) is 11.5. The fraction of sp³-hybridized carbons (Fsp3) is 0.200. The predicted molar refractivity (Wildman–Crippen MR) is 119 cm³/mol. The molecule has 1 atom stereocenters. The molecule has 0 aromatic heterocycles.